The van der Waals surface area contributed by atoms with Crippen LogP contribution in [0.15, 0.2) is 194 Å². The largest absolute Gasteiger partial charge is 0.310 e. The van der Waals surface area contributed by atoms with Crippen LogP contribution in [0.25, 0.3) is 82.1 Å². The Bertz CT molecular complexity index is 3340. The topological polar surface area (TPSA) is 8.17 Å². The predicted octanol–water partition coefficient (Wildman–Crippen LogP) is 15.1. The summed E-state index contributed by atoms with van der Waals surface area (Å²) in [6, 6.07) is 71.8. The second-order valence-corrected chi connectivity index (χ2v) is 16.1. The van der Waals surface area contributed by atoms with Crippen LogP contribution in [0.1, 0.15) is 25.0 Å². The molecule has 12 rings (SSSR count). The third kappa shape index (κ3) is 4.65. The Morgan fingerprint density at radius 1 is 0.386 bits per heavy atom. The molecule has 0 N–H and O–H groups in total. The monoisotopic (exact) mass is 726 g/mol. The average molecular weight is 727 g/mol. The van der Waals surface area contributed by atoms with E-state index in [9.17, 15) is 0 Å². The third-order valence-electron chi connectivity index (χ3n) is 12.7. The van der Waals surface area contributed by atoms with Crippen molar-refractivity contribution >= 4 is 71.2 Å². The maximum Gasteiger partial charge on any atom is 0.0553 e. The van der Waals surface area contributed by atoms with E-state index in [4.69, 9.17) is 0 Å². The molecule has 2 nitrogen and oxygen atoms in total. The minimum absolute atomic E-state index is 0.0770. The fourth-order valence-corrected chi connectivity index (χ4v) is 10.0. The molecule has 0 fully saturated rings. The summed E-state index contributed by atoms with van der Waals surface area (Å²) in [7, 11) is 0. The van der Waals surface area contributed by atoms with Crippen LogP contribution in [0.2, 0.25) is 0 Å². The Labute approximate surface area is 331 Å². The van der Waals surface area contributed by atoms with E-state index >= 15 is 0 Å². The summed E-state index contributed by atoms with van der Waals surface area (Å²) in [5.41, 5.74) is 14.8. The molecule has 0 amide bonds. The van der Waals surface area contributed by atoms with Gasteiger partial charge in [0, 0.05) is 38.9 Å². The van der Waals surface area contributed by atoms with Crippen molar-refractivity contribution in [3.63, 3.8) is 0 Å². The van der Waals surface area contributed by atoms with E-state index in [0.29, 0.717) is 0 Å². The molecule has 1 aliphatic carbocycles. The average Bonchev–Trinajstić information content (AvgIpc) is 3.71. The molecule has 0 saturated carbocycles. The highest BCUT2D eigenvalue weighted by atomic mass is 15.1. The van der Waals surface area contributed by atoms with Crippen LogP contribution >= 0.6 is 0 Å². The van der Waals surface area contributed by atoms with E-state index in [0.717, 1.165) is 17.1 Å². The van der Waals surface area contributed by atoms with Gasteiger partial charge >= 0.3 is 0 Å². The van der Waals surface area contributed by atoms with E-state index in [2.05, 4.69) is 217 Å². The second-order valence-electron chi connectivity index (χ2n) is 16.1. The summed E-state index contributed by atoms with van der Waals surface area (Å²) in [6.45, 7) is 4.70. The standard InChI is InChI=1S/C55H38N2/c1-55(2)48-19-10-9-18-44(48)45-30-28-43(34-49(45)55)56(40-14-5-3-6-15-40)42-26-22-35(23-27-42)38-25-31-50-47(32-38)54-46-29-24-37-13-11-12-36-20-21-39(53(46)52(36)37)33-51(54)57(50)41-16-7-4-8-17-41/h3-34H,1-2H3. The molecular formula is C55H38N2. The molecule has 10 aromatic carbocycles. The number of rotatable bonds is 5. The number of para-hydroxylation sites is 2. The van der Waals surface area contributed by atoms with Crippen molar-refractivity contribution in [1.82, 2.24) is 4.57 Å². The van der Waals surface area contributed by atoms with Gasteiger partial charge in [0.1, 0.15) is 0 Å². The zero-order valence-electron chi connectivity index (χ0n) is 31.9. The molecule has 57 heavy (non-hydrogen) atoms. The lowest BCUT2D eigenvalue weighted by Gasteiger charge is -2.28. The molecule has 0 saturated heterocycles. The van der Waals surface area contributed by atoms with Crippen molar-refractivity contribution in [3.8, 4) is 27.9 Å². The summed E-state index contributed by atoms with van der Waals surface area (Å²) < 4.78 is 2.44. The Hall–Kier alpha value is -7.16. The Morgan fingerprint density at radius 2 is 1.04 bits per heavy atom. The lowest BCUT2D eigenvalue weighted by molar-refractivity contribution is 0.660. The number of hydrogen-bond donors (Lipinski definition) is 0. The molecule has 0 bridgehead atoms. The van der Waals surface area contributed by atoms with Gasteiger partial charge < -0.3 is 9.47 Å². The number of anilines is 3. The van der Waals surface area contributed by atoms with Gasteiger partial charge in [0.2, 0.25) is 0 Å². The zero-order chi connectivity index (χ0) is 37.8. The maximum absolute atomic E-state index is 2.44. The highest BCUT2D eigenvalue weighted by Crippen LogP contribution is 2.51. The number of aromatic nitrogens is 1. The molecule has 0 aliphatic heterocycles. The maximum atomic E-state index is 2.44. The minimum Gasteiger partial charge on any atom is -0.310 e. The van der Waals surface area contributed by atoms with Gasteiger partial charge in [0.15, 0.2) is 0 Å². The van der Waals surface area contributed by atoms with Gasteiger partial charge in [-0.05, 0) is 132 Å². The quantitative estimate of drug-likeness (QED) is 0.160. The number of nitrogens with zero attached hydrogens (tertiary/aromatic N) is 2. The first-order valence-electron chi connectivity index (χ1n) is 19.9. The molecule has 0 atom stereocenters. The molecule has 0 radical (unpaired) electrons. The van der Waals surface area contributed by atoms with Crippen molar-refractivity contribution in [2.24, 2.45) is 0 Å². The molecule has 11 aromatic rings. The summed E-state index contributed by atoms with van der Waals surface area (Å²) in [5.74, 6) is 0. The molecule has 0 spiro atoms. The molecule has 268 valence electrons. The van der Waals surface area contributed by atoms with Crippen LogP contribution in [-0.2, 0) is 5.41 Å². The normalized spacial score (nSPS) is 13.2. The highest BCUT2D eigenvalue weighted by Gasteiger charge is 2.35. The van der Waals surface area contributed by atoms with Crippen molar-refractivity contribution < 1.29 is 0 Å². The van der Waals surface area contributed by atoms with Crippen molar-refractivity contribution in [2.45, 2.75) is 19.3 Å². The highest BCUT2D eigenvalue weighted by molar-refractivity contribution is 6.33. The van der Waals surface area contributed by atoms with Crippen LogP contribution in [0, 0.1) is 0 Å². The Kier molecular flexibility index (Phi) is 6.72. The van der Waals surface area contributed by atoms with Crippen molar-refractivity contribution in [2.75, 3.05) is 4.90 Å². The molecule has 0 unspecified atom stereocenters. The van der Waals surface area contributed by atoms with Crippen molar-refractivity contribution in [1.29, 1.82) is 0 Å². The number of hydrogen-bond acceptors (Lipinski definition) is 1. The Morgan fingerprint density at radius 3 is 1.84 bits per heavy atom. The van der Waals surface area contributed by atoms with Crippen LogP contribution in [0.4, 0.5) is 17.1 Å². The fraction of sp³-hybridized carbons (Fsp3) is 0.0545. The first-order chi connectivity index (χ1) is 28.0. The smallest absolute Gasteiger partial charge is 0.0553 e. The van der Waals surface area contributed by atoms with Gasteiger partial charge in [-0.2, -0.15) is 0 Å². The van der Waals surface area contributed by atoms with E-state index < -0.39 is 0 Å². The van der Waals surface area contributed by atoms with Crippen LogP contribution in [0.5, 0.6) is 0 Å². The van der Waals surface area contributed by atoms with E-state index in [1.54, 1.807) is 0 Å². The predicted molar refractivity (Wildman–Crippen MR) is 242 cm³/mol. The SMILES string of the molecule is CC1(C)c2ccccc2-c2ccc(N(c3ccccc3)c3ccc(-c4ccc5c(c4)c4c6ccc7cccc8ccc(cc4n5-c4ccccc4)c6c87)cc3)cc21. The number of fused-ring (bicyclic) bond motifs is 7. The number of benzene rings is 10. The van der Waals surface area contributed by atoms with Gasteiger partial charge in [-0.1, -0.05) is 141 Å². The van der Waals surface area contributed by atoms with E-state index in [1.807, 2.05) is 0 Å². The Balaban J connectivity index is 1.02. The first-order valence-corrected chi connectivity index (χ1v) is 19.9. The molecule has 2 heteroatoms. The molecule has 1 aromatic heterocycles. The van der Waals surface area contributed by atoms with Crippen LogP contribution < -0.4 is 4.90 Å². The summed E-state index contributed by atoms with van der Waals surface area (Å²) >= 11 is 0. The van der Waals surface area contributed by atoms with Gasteiger partial charge in [-0.3, -0.25) is 0 Å². The van der Waals surface area contributed by atoms with Crippen LogP contribution in [0.3, 0.4) is 0 Å². The second kappa shape index (κ2) is 11.9. The van der Waals surface area contributed by atoms with Gasteiger partial charge in [-0.25, -0.2) is 0 Å². The summed E-state index contributed by atoms with van der Waals surface area (Å²) in [4.78, 5) is 2.39. The minimum atomic E-state index is -0.0770. The molecular weight excluding hydrogens is 689 g/mol. The van der Waals surface area contributed by atoms with E-state index in [1.165, 1.54) is 93.2 Å². The lowest BCUT2D eigenvalue weighted by atomic mass is 9.82. The van der Waals surface area contributed by atoms with Gasteiger partial charge in [-0.15, -0.1) is 0 Å². The first kappa shape index (κ1) is 32.1. The third-order valence-corrected chi connectivity index (χ3v) is 12.7. The van der Waals surface area contributed by atoms with Crippen molar-refractivity contribution in [3.05, 3.63) is 205 Å². The van der Waals surface area contributed by atoms with Crippen LogP contribution in [-0.4, -0.2) is 4.57 Å². The summed E-state index contributed by atoms with van der Waals surface area (Å²) in [5, 5.41) is 10.4. The van der Waals surface area contributed by atoms with Gasteiger partial charge in [0.05, 0.1) is 11.0 Å². The molecule has 1 heterocycles. The van der Waals surface area contributed by atoms with Gasteiger partial charge in [0.25, 0.3) is 0 Å². The van der Waals surface area contributed by atoms with E-state index in [-0.39, 0.29) is 5.41 Å². The fourth-order valence-electron chi connectivity index (χ4n) is 10.0. The molecule has 1 aliphatic rings. The summed E-state index contributed by atoms with van der Waals surface area (Å²) in [6.07, 6.45) is 0. The lowest BCUT2D eigenvalue weighted by Crippen LogP contribution is -2.16. The zero-order valence-corrected chi connectivity index (χ0v) is 31.9.